The summed E-state index contributed by atoms with van der Waals surface area (Å²) in [6.45, 7) is 4.94. The van der Waals surface area contributed by atoms with Gasteiger partial charge in [0.15, 0.2) is 0 Å². The second-order valence-electron chi connectivity index (χ2n) is 4.85. The molecule has 0 atom stereocenters. The van der Waals surface area contributed by atoms with Gasteiger partial charge in [0.1, 0.15) is 5.75 Å². The van der Waals surface area contributed by atoms with E-state index in [1.54, 1.807) is 17.5 Å². The molecule has 0 fully saturated rings. The predicted molar refractivity (Wildman–Crippen MR) is 81.2 cm³/mol. The van der Waals surface area contributed by atoms with Crippen LogP contribution in [0.15, 0.2) is 30.5 Å². The highest BCUT2D eigenvalue weighted by Gasteiger charge is 2.07. The molecule has 104 valence electrons. The molecule has 1 heterocycles. The molecular weight excluding hydrogens is 268 g/mol. The minimum absolute atomic E-state index is 0.439. The highest BCUT2D eigenvalue weighted by Crippen LogP contribution is 2.26. The molecule has 0 N–H and O–H groups in total. The Balaban J connectivity index is 1.91. The maximum absolute atomic E-state index is 8.64. The maximum atomic E-state index is 8.64. The Kier molecular flexibility index (Phi) is 5.14. The van der Waals surface area contributed by atoms with Crippen LogP contribution in [-0.2, 0) is 12.8 Å². The van der Waals surface area contributed by atoms with Crippen molar-refractivity contribution in [3.05, 3.63) is 45.9 Å². The normalized spacial score (nSPS) is 10.5. The number of hydrogen-bond acceptors (Lipinski definition) is 4. The molecule has 0 unspecified atom stereocenters. The number of nitrogens with zero attached hydrogens (tertiary/aromatic N) is 2. The van der Waals surface area contributed by atoms with Gasteiger partial charge in [-0.05, 0) is 17.5 Å². The number of hydrogen-bond donors (Lipinski definition) is 0. The number of thiazole rings is 1. The van der Waals surface area contributed by atoms with Crippen LogP contribution in [0.2, 0.25) is 0 Å². The molecule has 4 heteroatoms. The van der Waals surface area contributed by atoms with Gasteiger partial charge in [-0.25, -0.2) is 4.98 Å². The first-order chi connectivity index (χ1) is 9.70. The number of rotatable bonds is 6. The van der Waals surface area contributed by atoms with E-state index >= 15 is 0 Å². The van der Waals surface area contributed by atoms with Crippen LogP contribution in [0.5, 0.6) is 5.75 Å². The highest BCUT2D eigenvalue weighted by atomic mass is 32.1. The summed E-state index contributed by atoms with van der Waals surface area (Å²) in [7, 11) is 0. The number of benzene rings is 1. The van der Waals surface area contributed by atoms with Crippen molar-refractivity contribution >= 4 is 11.3 Å². The van der Waals surface area contributed by atoms with Crippen LogP contribution >= 0.6 is 11.3 Å². The number of aromatic nitrogens is 1. The van der Waals surface area contributed by atoms with E-state index in [2.05, 4.69) is 31.0 Å². The van der Waals surface area contributed by atoms with Crippen molar-refractivity contribution in [2.45, 2.75) is 32.6 Å². The van der Waals surface area contributed by atoms with Crippen LogP contribution in [0.25, 0.3) is 0 Å². The van der Waals surface area contributed by atoms with Gasteiger partial charge >= 0.3 is 0 Å². The molecule has 0 bridgehead atoms. The van der Waals surface area contributed by atoms with Crippen molar-refractivity contribution in [3.8, 4) is 11.8 Å². The van der Waals surface area contributed by atoms with Crippen LogP contribution < -0.4 is 4.74 Å². The molecule has 0 aliphatic carbocycles. The Morgan fingerprint density at radius 2 is 2.15 bits per heavy atom. The van der Waals surface area contributed by atoms with Gasteiger partial charge in [0.05, 0.1) is 24.1 Å². The lowest BCUT2D eigenvalue weighted by molar-refractivity contribution is 0.317. The Bertz CT molecular complexity index is 599. The second-order valence-corrected chi connectivity index (χ2v) is 6.05. The molecule has 2 rings (SSSR count). The van der Waals surface area contributed by atoms with Crippen molar-refractivity contribution < 1.29 is 4.74 Å². The van der Waals surface area contributed by atoms with Crippen molar-refractivity contribution in [2.75, 3.05) is 6.61 Å². The third kappa shape index (κ3) is 3.82. The van der Waals surface area contributed by atoms with Crippen LogP contribution in [0.3, 0.4) is 0 Å². The first-order valence-corrected chi connectivity index (χ1v) is 7.54. The highest BCUT2D eigenvalue weighted by molar-refractivity contribution is 7.11. The lowest BCUT2D eigenvalue weighted by Gasteiger charge is -2.13. The van der Waals surface area contributed by atoms with Gasteiger partial charge in [-0.15, -0.1) is 11.3 Å². The standard InChI is InChI=1S/C16H18N2OS/c1-12(2)14-5-3-4-6-15(14)19-10-8-16-18-11-13(20-16)7-9-17/h3-6,11-12H,7-8,10H2,1-2H3. The summed E-state index contributed by atoms with van der Waals surface area (Å²) in [5.41, 5.74) is 1.23. The summed E-state index contributed by atoms with van der Waals surface area (Å²) in [6.07, 6.45) is 3.00. The monoisotopic (exact) mass is 286 g/mol. The number of ether oxygens (including phenoxy) is 1. The van der Waals surface area contributed by atoms with Gasteiger partial charge in [-0.1, -0.05) is 32.0 Å². The number of nitriles is 1. The minimum atomic E-state index is 0.439. The van der Waals surface area contributed by atoms with E-state index in [0.29, 0.717) is 18.9 Å². The first-order valence-electron chi connectivity index (χ1n) is 6.73. The Labute approximate surface area is 123 Å². The van der Waals surface area contributed by atoms with Crippen molar-refractivity contribution in [1.29, 1.82) is 5.26 Å². The third-order valence-corrected chi connectivity index (χ3v) is 4.03. The van der Waals surface area contributed by atoms with Gasteiger partial charge in [0, 0.05) is 17.5 Å². The molecule has 0 saturated carbocycles. The molecule has 0 aliphatic rings. The van der Waals surface area contributed by atoms with E-state index < -0.39 is 0 Å². The van der Waals surface area contributed by atoms with Gasteiger partial charge in [0.25, 0.3) is 0 Å². The Hall–Kier alpha value is -1.86. The fourth-order valence-corrected chi connectivity index (χ4v) is 2.80. The largest absolute Gasteiger partial charge is 0.493 e. The molecule has 3 nitrogen and oxygen atoms in total. The summed E-state index contributed by atoms with van der Waals surface area (Å²) < 4.78 is 5.87. The molecule has 1 aromatic heterocycles. The topological polar surface area (TPSA) is 45.9 Å². The molecule has 1 aromatic carbocycles. The van der Waals surface area contributed by atoms with Gasteiger partial charge in [0.2, 0.25) is 0 Å². The van der Waals surface area contributed by atoms with Crippen LogP contribution in [0.4, 0.5) is 0 Å². The van der Waals surface area contributed by atoms with Gasteiger partial charge in [-0.2, -0.15) is 5.26 Å². The van der Waals surface area contributed by atoms with Gasteiger partial charge < -0.3 is 4.74 Å². The predicted octanol–water partition coefficient (Wildman–Crippen LogP) is 3.95. The van der Waals surface area contributed by atoms with Crippen molar-refractivity contribution in [3.63, 3.8) is 0 Å². The first kappa shape index (κ1) is 14.5. The fraction of sp³-hybridized carbons (Fsp3) is 0.375. The lowest BCUT2D eigenvalue weighted by Crippen LogP contribution is -2.03. The van der Waals surface area contributed by atoms with Crippen LogP contribution in [0, 0.1) is 11.3 Å². The van der Waals surface area contributed by atoms with Crippen LogP contribution in [0.1, 0.15) is 35.2 Å². The van der Waals surface area contributed by atoms with E-state index in [0.717, 1.165) is 22.1 Å². The summed E-state index contributed by atoms with van der Waals surface area (Å²) >= 11 is 1.59. The van der Waals surface area contributed by atoms with E-state index in [1.165, 1.54) is 5.56 Å². The Morgan fingerprint density at radius 1 is 1.35 bits per heavy atom. The van der Waals surface area contributed by atoms with E-state index in [9.17, 15) is 0 Å². The fourth-order valence-electron chi connectivity index (χ4n) is 1.96. The van der Waals surface area contributed by atoms with E-state index in [1.807, 2.05) is 18.2 Å². The maximum Gasteiger partial charge on any atom is 0.122 e. The average molecular weight is 286 g/mol. The smallest absolute Gasteiger partial charge is 0.122 e. The average Bonchev–Trinajstić information content (AvgIpc) is 2.87. The molecule has 0 radical (unpaired) electrons. The molecule has 20 heavy (non-hydrogen) atoms. The quantitative estimate of drug-likeness (QED) is 0.807. The van der Waals surface area contributed by atoms with Gasteiger partial charge in [-0.3, -0.25) is 0 Å². The van der Waals surface area contributed by atoms with Crippen molar-refractivity contribution in [1.82, 2.24) is 4.98 Å². The molecule has 0 saturated heterocycles. The SMILES string of the molecule is CC(C)c1ccccc1OCCc1ncc(CC#N)s1. The zero-order chi connectivity index (χ0) is 14.4. The summed E-state index contributed by atoms with van der Waals surface area (Å²) in [6, 6.07) is 10.3. The minimum Gasteiger partial charge on any atom is -0.493 e. The molecule has 0 amide bonds. The molecular formula is C16H18N2OS. The molecule has 2 aromatic rings. The summed E-state index contributed by atoms with van der Waals surface area (Å²) in [5, 5.41) is 9.67. The lowest BCUT2D eigenvalue weighted by atomic mass is 10.0. The second kappa shape index (κ2) is 7.06. The van der Waals surface area contributed by atoms with E-state index in [-0.39, 0.29) is 0 Å². The van der Waals surface area contributed by atoms with Crippen LogP contribution in [-0.4, -0.2) is 11.6 Å². The molecule has 0 spiro atoms. The zero-order valence-electron chi connectivity index (χ0n) is 11.8. The summed E-state index contributed by atoms with van der Waals surface area (Å²) in [5.74, 6) is 1.41. The van der Waals surface area contributed by atoms with E-state index in [4.69, 9.17) is 10.00 Å². The third-order valence-electron chi connectivity index (χ3n) is 2.97. The number of para-hydroxylation sites is 1. The molecule has 0 aliphatic heterocycles. The van der Waals surface area contributed by atoms with Crippen molar-refractivity contribution in [2.24, 2.45) is 0 Å². The zero-order valence-corrected chi connectivity index (χ0v) is 12.6. The Morgan fingerprint density at radius 3 is 2.90 bits per heavy atom. The summed E-state index contributed by atoms with van der Waals surface area (Å²) in [4.78, 5) is 5.33.